The van der Waals surface area contributed by atoms with Gasteiger partial charge in [-0.05, 0) is 0 Å². The SMILES string of the molecule is CC(=O)c1cccc(Oc2ccc([As]c3ncnc4ccn(CCOCCO)c34)cc2Cl)c1. The quantitative estimate of drug-likeness (QED) is 0.194. The molecule has 0 atom stereocenters. The number of rotatable bonds is 10. The first-order chi connectivity index (χ1) is 16.0. The molecule has 1 radical (unpaired) electrons. The number of Topliss-reactive ketones (excluding diaryl/α,β-unsaturated/α-hetero) is 1. The molecule has 9 heteroatoms. The third-order valence-electron chi connectivity index (χ3n) is 4.86. The van der Waals surface area contributed by atoms with Gasteiger partial charge in [-0.15, -0.1) is 0 Å². The number of carbonyl (C=O) groups is 1. The number of fused-ring (bicyclic) bond motifs is 1. The molecule has 2 aromatic carbocycles. The van der Waals surface area contributed by atoms with Crippen LogP contribution in [-0.4, -0.2) is 61.0 Å². The van der Waals surface area contributed by atoms with Crippen LogP contribution in [0.1, 0.15) is 17.3 Å². The average Bonchev–Trinajstić information content (AvgIpc) is 3.23. The van der Waals surface area contributed by atoms with Crippen LogP contribution in [0.25, 0.3) is 11.0 Å². The van der Waals surface area contributed by atoms with Gasteiger partial charge in [-0.1, -0.05) is 0 Å². The zero-order valence-electron chi connectivity index (χ0n) is 17.9. The topological polar surface area (TPSA) is 86.5 Å². The Morgan fingerprint density at radius 2 is 2.03 bits per heavy atom. The molecule has 0 aliphatic carbocycles. The molecule has 33 heavy (non-hydrogen) atoms. The van der Waals surface area contributed by atoms with Gasteiger partial charge >= 0.3 is 203 Å². The van der Waals surface area contributed by atoms with Gasteiger partial charge in [0.2, 0.25) is 0 Å². The standard InChI is InChI=1S/C24H22AsClN3O4/c1-16(31)17-3-2-4-19(13-17)33-22-6-5-18(14-20(22)26)25-24-23-21(27-15-28-24)7-8-29(23)9-11-32-12-10-30/h2-8,13-15,30H,9-12H2,1H3. The Balaban J connectivity index is 1.53. The summed E-state index contributed by atoms with van der Waals surface area (Å²) in [4.78, 5) is 20.5. The van der Waals surface area contributed by atoms with Gasteiger partial charge in [0.05, 0.1) is 0 Å². The van der Waals surface area contributed by atoms with Crippen LogP contribution in [-0.2, 0) is 11.3 Å². The summed E-state index contributed by atoms with van der Waals surface area (Å²) in [6.45, 7) is 3.00. The summed E-state index contributed by atoms with van der Waals surface area (Å²) < 4.78 is 15.4. The summed E-state index contributed by atoms with van der Waals surface area (Å²) in [5.74, 6) is 1.07. The number of hydrogen-bond acceptors (Lipinski definition) is 6. The summed E-state index contributed by atoms with van der Waals surface area (Å²) in [5, 5.41) is 9.38. The molecular weight excluding hydrogens is 505 g/mol. The zero-order valence-corrected chi connectivity index (χ0v) is 20.6. The number of aromatic nitrogens is 3. The van der Waals surface area contributed by atoms with Crippen LogP contribution in [0, 0.1) is 0 Å². The first kappa shape index (κ1) is 23.5. The van der Waals surface area contributed by atoms with Crippen molar-refractivity contribution in [3.63, 3.8) is 0 Å². The molecule has 0 fully saturated rings. The van der Waals surface area contributed by atoms with Crippen molar-refractivity contribution >= 4 is 53.0 Å². The molecule has 0 saturated carbocycles. The van der Waals surface area contributed by atoms with E-state index < -0.39 is 15.8 Å². The normalized spacial score (nSPS) is 11.5. The van der Waals surface area contributed by atoms with Crippen LogP contribution in [0.4, 0.5) is 0 Å². The molecule has 0 saturated heterocycles. The molecule has 0 amide bonds. The number of ether oxygens (including phenoxy) is 2. The molecule has 0 aliphatic rings. The molecule has 2 aromatic heterocycles. The van der Waals surface area contributed by atoms with Gasteiger partial charge in [0, 0.05) is 0 Å². The van der Waals surface area contributed by atoms with Gasteiger partial charge in [-0.3, -0.25) is 0 Å². The fourth-order valence-electron chi connectivity index (χ4n) is 3.28. The van der Waals surface area contributed by atoms with Crippen LogP contribution >= 0.6 is 11.6 Å². The van der Waals surface area contributed by atoms with Gasteiger partial charge in [-0.25, -0.2) is 0 Å². The summed E-state index contributed by atoms with van der Waals surface area (Å²) in [7, 11) is 0. The minimum absolute atomic E-state index is 0.00802. The Labute approximate surface area is 203 Å². The van der Waals surface area contributed by atoms with E-state index >= 15 is 0 Å². The van der Waals surface area contributed by atoms with E-state index in [1.54, 1.807) is 30.6 Å². The predicted octanol–water partition coefficient (Wildman–Crippen LogP) is 2.74. The van der Waals surface area contributed by atoms with Crippen molar-refractivity contribution in [3.05, 3.63) is 71.6 Å². The van der Waals surface area contributed by atoms with Crippen molar-refractivity contribution in [1.29, 1.82) is 0 Å². The van der Waals surface area contributed by atoms with Crippen molar-refractivity contribution in [1.82, 2.24) is 14.5 Å². The van der Waals surface area contributed by atoms with Crippen LogP contribution in [0.15, 0.2) is 61.1 Å². The Hall–Kier alpha value is -2.70. The molecule has 0 unspecified atom stereocenters. The molecule has 0 aliphatic heterocycles. The molecule has 2 heterocycles. The fourth-order valence-corrected chi connectivity index (χ4v) is 5.86. The Morgan fingerprint density at radius 1 is 1.15 bits per heavy atom. The van der Waals surface area contributed by atoms with E-state index in [0.717, 1.165) is 19.9 Å². The van der Waals surface area contributed by atoms with Crippen LogP contribution < -0.4 is 13.6 Å². The molecule has 4 aromatic rings. The number of ketones is 1. The van der Waals surface area contributed by atoms with Crippen molar-refractivity contribution in [3.8, 4) is 11.5 Å². The first-order valence-electron chi connectivity index (χ1n) is 10.3. The summed E-state index contributed by atoms with van der Waals surface area (Å²) in [5.41, 5.74) is 2.46. The Bertz CT molecular complexity index is 1280. The molecular formula is C24H22AsClN3O4. The Morgan fingerprint density at radius 3 is 2.82 bits per heavy atom. The van der Waals surface area contributed by atoms with Crippen molar-refractivity contribution in [2.75, 3.05) is 19.8 Å². The maximum atomic E-state index is 11.6. The van der Waals surface area contributed by atoms with Gasteiger partial charge in [0.15, 0.2) is 0 Å². The van der Waals surface area contributed by atoms with E-state index in [9.17, 15) is 4.79 Å². The van der Waals surface area contributed by atoms with Crippen molar-refractivity contribution in [2.24, 2.45) is 0 Å². The number of carbonyl (C=O) groups excluding carboxylic acids is 1. The van der Waals surface area contributed by atoms with Gasteiger partial charge < -0.3 is 0 Å². The van der Waals surface area contributed by atoms with E-state index in [1.165, 1.54) is 6.92 Å². The number of halogens is 1. The third-order valence-corrected chi connectivity index (χ3v) is 7.41. The van der Waals surface area contributed by atoms with Gasteiger partial charge in [-0.2, -0.15) is 0 Å². The number of aliphatic hydroxyl groups is 1. The second-order valence-electron chi connectivity index (χ2n) is 7.19. The molecule has 4 rings (SSSR count). The van der Waals surface area contributed by atoms with Crippen molar-refractivity contribution in [2.45, 2.75) is 13.5 Å². The van der Waals surface area contributed by atoms with E-state index in [-0.39, 0.29) is 12.4 Å². The van der Waals surface area contributed by atoms with Crippen LogP contribution in [0.2, 0.25) is 5.02 Å². The molecule has 0 bridgehead atoms. The molecule has 1 N–H and O–H groups in total. The van der Waals surface area contributed by atoms with E-state index in [4.69, 9.17) is 26.2 Å². The third kappa shape index (κ3) is 5.81. The maximum absolute atomic E-state index is 11.6. The minimum atomic E-state index is -0.452. The summed E-state index contributed by atoms with van der Waals surface area (Å²) >= 11 is 6.07. The van der Waals surface area contributed by atoms with E-state index in [1.807, 2.05) is 30.5 Å². The summed E-state index contributed by atoms with van der Waals surface area (Å²) in [6, 6.07) is 14.7. The summed E-state index contributed by atoms with van der Waals surface area (Å²) in [6.07, 6.45) is 3.56. The number of hydrogen-bond donors (Lipinski definition) is 1. The van der Waals surface area contributed by atoms with Crippen molar-refractivity contribution < 1.29 is 19.4 Å². The molecule has 0 spiro atoms. The second-order valence-corrected chi connectivity index (χ2v) is 10.0. The van der Waals surface area contributed by atoms with Gasteiger partial charge in [0.25, 0.3) is 0 Å². The second kappa shape index (κ2) is 10.9. The monoisotopic (exact) mass is 526 g/mol. The number of aliphatic hydroxyl groups excluding tert-OH is 1. The Kier molecular flexibility index (Phi) is 7.78. The van der Waals surface area contributed by atoms with Gasteiger partial charge in [0.1, 0.15) is 0 Å². The zero-order chi connectivity index (χ0) is 23.2. The number of benzene rings is 2. The number of nitrogens with zero attached hydrogens (tertiary/aromatic N) is 3. The van der Waals surface area contributed by atoms with Crippen LogP contribution in [0.5, 0.6) is 11.5 Å². The fraction of sp³-hybridized carbons (Fsp3) is 0.208. The predicted molar refractivity (Wildman–Crippen MR) is 128 cm³/mol. The molecule has 7 nitrogen and oxygen atoms in total. The average molecular weight is 527 g/mol. The first-order valence-corrected chi connectivity index (χ1v) is 12.6. The van der Waals surface area contributed by atoms with E-state index in [0.29, 0.717) is 41.8 Å². The van der Waals surface area contributed by atoms with Crippen LogP contribution in [0.3, 0.4) is 0 Å². The van der Waals surface area contributed by atoms with E-state index in [2.05, 4.69) is 14.5 Å². The molecule has 169 valence electrons.